The van der Waals surface area contributed by atoms with Gasteiger partial charge in [0.15, 0.2) is 0 Å². The molecule has 1 unspecified atom stereocenters. The Morgan fingerprint density at radius 2 is 2.18 bits per heavy atom. The molecule has 6 nitrogen and oxygen atoms in total. The molecule has 0 amide bonds. The Hall–Kier alpha value is -2.63. The highest BCUT2D eigenvalue weighted by molar-refractivity contribution is 5.58. The fraction of sp³-hybridized carbons (Fsp3) is 0.312. The molecule has 1 aromatic heterocycles. The van der Waals surface area contributed by atoms with Gasteiger partial charge in [-0.25, -0.2) is 4.98 Å². The number of benzene rings is 1. The SMILES string of the molecule is Cc1ccc([N+](=O)[O-])c(NC2CCCc3cc(N)ccc32)n1. The van der Waals surface area contributed by atoms with Crippen LogP contribution in [0.5, 0.6) is 0 Å². The number of nitro groups is 1. The number of aromatic nitrogens is 1. The predicted molar refractivity (Wildman–Crippen MR) is 85.8 cm³/mol. The third-order valence-electron chi connectivity index (χ3n) is 4.00. The number of hydrogen-bond acceptors (Lipinski definition) is 5. The van der Waals surface area contributed by atoms with Crippen LogP contribution in [0.3, 0.4) is 0 Å². The van der Waals surface area contributed by atoms with E-state index in [-0.39, 0.29) is 11.7 Å². The molecule has 0 radical (unpaired) electrons. The van der Waals surface area contributed by atoms with Gasteiger partial charge in [-0.2, -0.15) is 0 Å². The second-order valence-corrected chi connectivity index (χ2v) is 5.62. The molecular weight excluding hydrogens is 280 g/mol. The molecule has 0 fully saturated rings. The zero-order valence-corrected chi connectivity index (χ0v) is 12.4. The summed E-state index contributed by atoms with van der Waals surface area (Å²) in [6.07, 6.45) is 2.93. The zero-order valence-electron chi connectivity index (χ0n) is 12.4. The number of fused-ring (bicyclic) bond motifs is 1. The summed E-state index contributed by atoms with van der Waals surface area (Å²) in [5, 5.41) is 14.4. The van der Waals surface area contributed by atoms with E-state index < -0.39 is 4.92 Å². The van der Waals surface area contributed by atoms with Gasteiger partial charge < -0.3 is 11.1 Å². The average molecular weight is 298 g/mol. The molecule has 114 valence electrons. The Morgan fingerprint density at radius 3 is 2.95 bits per heavy atom. The lowest BCUT2D eigenvalue weighted by Gasteiger charge is -2.27. The second kappa shape index (κ2) is 5.63. The third-order valence-corrected chi connectivity index (χ3v) is 4.00. The minimum Gasteiger partial charge on any atom is -0.399 e. The van der Waals surface area contributed by atoms with Gasteiger partial charge in [-0.3, -0.25) is 10.1 Å². The number of aryl methyl sites for hydroxylation is 2. The summed E-state index contributed by atoms with van der Waals surface area (Å²) in [6, 6.07) is 9.04. The van der Waals surface area contributed by atoms with E-state index in [4.69, 9.17) is 5.73 Å². The maximum atomic E-state index is 11.2. The summed E-state index contributed by atoms with van der Waals surface area (Å²) in [5.74, 6) is 0.333. The number of rotatable bonds is 3. The van der Waals surface area contributed by atoms with Gasteiger partial charge in [0.25, 0.3) is 0 Å². The standard InChI is InChI=1S/C16H18N4O2/c1-10-5-8-15(20(21)22)16(18-10)19-14-4-2-3-11-9-12(17)6-7-13(11)14/h5-9,14H,2-4,17H2,1H3,(H,18,19). The van der Waals surface area contributed by atoms with E-state index in [0.717, 1.165) is 36.2 Å². The molecule has 1 atom stereocenters. The monoisotopic (exact) mass is 298 g/mol. The summed E-state index contributed by atoms with van der Waals surface area (Å²) >= 11 is 0. The van der Waals surface area contributed by atoms with Crippen molar-refractivity contribution in [2.75, 3.05) is 11.1 Å². The van der Waals surface area contributed by atoms with Gasteiger partial charge >= 0.3 is 5.69 Å². The van der Waals surface area contributed by atoms with Crippen molar-refractivity contribution in [3.63, 3.8) is 0 Å². The van der Waals surface area contributed by atoms with E-state index in [2.05, 4.69) is 10.3 Å². The maximum Gasteiger partial charge on any atom is 0.311 e. The van der Waals surface area contributed by atoms with Gasteiger partial charge in [0.1, 0.15) is 0 Å². The first kappa shape index (κ1) is 14.3. The molecule has 0 saturated heterocycles. The van der Waals surface area contributed by atoms with Crippen LogP contribution in [0.2, 0.25) is 0 Å². The van der Waals surface area contributed by atoms with Crippen LogP contribution in [-0.4, -0.2) is 9.91 Å². The Morgan fingerprint density at radius 1 is 1.36 bits per heavy atom. The second-order valence-electron chi connectivity index (χ2n) is 5.62. The molecule has 3 rings (SSSR count). The van der Waals surface area contributed by atoms with Crippen LogP contribution >= 0.6 is 0 Å². The number of hydrogen-bond donors (Lipinski definition) is 2. The number of nitrogen functional groups attached to an aromatic ring is 1. The molecule has 0 saturated carbocycles. The molecule has 1 aliphatic rings. The lowest BCUT2D eigenvalue weighted by molar-refractivity contribution is -0.384. The first-order valence-electron chi connectivity index (χ1n) is 7.31. The van der Waals surface area contributed by atoms with E-state index in [1.54, 1.807) is 6.07 Å². The average Bonchev–Trinajstić information content (AvgIpc) is 2.47. The van der Waals surface area contributed by atoms with Crippen molar-refractivity contribution in [1.29, 1.82) is 0 Å². The third kappa shape index (κ3) is 2.72. The molecule has 1 aliphatic carbocycles. The molecule has 0 spiro atoms. The van der Waals surface area contributed by atoms with Crippen LogP contribution < -0.4 is 11.1 Å². The molecule has 1 aromatic carbocycles. The van der Waals surface area contributed by atoms with Crippen molar-refractivity contribution in [3.8, 4) is 0 Å². The summed E-state index contributed by atoms with van der Waals surface area (Å²) in [5.41, 5.74) is 9.71. The number of nitrogens with zero attached hydrogens (tertiary/aromatic N) is 2. The molecule has 3 N–H and O–H groups in total. The summed E-state index contributed by atoms with van der Waals surface area (Å²) < 4.78 is 0. The Kier molecular flexibility index (Phi) is 3.66. The molecule has 6 heteroatoms. The normalized spacial score (nSPS) is 16.9. The lowest BCUT2D eigenvalue weighted by Crippen LogP contribution is -2.19. The highest BCUT2D eigenvalue weighted by atomic mass is 16.6. The highest BCUT2D eigenvalue weighted by Crippen LogP contribution is 2.35. The summed E-state index contributed by atoms with van der Waals surface area (Å²) in [6.45, 7) is 1.82. The smallest absolute Gasteiger partial charge is 0.311 e. The quantitative estimate of drug-likeness (QED) is 0.514. The first-order chi connectivity index (χ1) is 10.5. The van der Waals surface area contributed by atoms with E-state index in [1.165, 1.54) is 11.6 Å². The first-order valence-corrected chi connectivity index (χ1v) is 7.31. The van der Waals surface area contributed by atoms with Gasteiger partial charge in [0.05, 0.1) is 11.0 Å². The largest absolute Gasteiger partial charge is 0.399 e. The Balaban J connectivity index is 1.95. The molecular formula is C16H18N4O2. The number of pyridine rings is 1. The molecule has 22 heavy (non-hydrogen) atoms. The van der Waals surface area contributed by atoms with Gasteiger partial charge in [0.2, 0.25) is 5.82 Å². The Labute approximate surface area is 128 Å². The molecule has 1 heterocycles. The van der Waals surface area contributed by atoms with Crippen molar-refractivity contribution in [1.82, 2.24) is 4.98 Å². The lowest BCUT2D eigenvalue weighted by atomic mass is 9.87. The van der Waals surface area contributed by atoms with Crippen LogP contribution in [0.4, 0.5) is 17.2 Å². The number of anilines is 2. The zero-order chi connectivity index (χ0) is 15.7. The Bertz CT molecular complexity index is 730. The van der Waals surface area contributed by atoms with Crippen molar-refractivity contribution in [3.05, 3.63) is 57.3 Å². The van der Waals surface area contributed by atoms with Crippen LogP contribution in [0, 0.1) is 17.0 Å². The van der Waals surface area contributed by atoms with Crippen LogP contribution in [-0.2, 0) is 6.42 Å². The van der Waals surface area contributed by atoms with Gasteiger partial charge in [-0.15, -0.1) is 0 Å². The molecule has 0 bridgehead atoms. The topological polar surface area (TPSA) is 94.1 Å². The number of nitrogens with two attached hydrogens (primary N) is 1. The van der Waals surface area contributed by atoms with Crippen LogP contribution in [0.1, 0.15) is 35.7 Å². The fourth-order valence-electron chi connectivity index (χ4n) is 2.95. The minimum atomic E-state index is -0.401. The van der Waals surface area contributed by atoms with Crippen LogP contribution in [0.25, 0.3) is 0 Å². The summed E-state index contributed by atoms with van der Waals surface area (Å²) in [4.78, 5) is 15.1. The van der Waals surface area contributed by atoms with Gasteiger partial charge in [0, 0.05) is 17.4 Å². The van der Waals surface area contributed by atoms with Crippen molar-refractivity contribution in [2.24, 2.45) is 0 Å². The van der Waals surface area contributed by atoms with Crippen LogP contribution in [0.15, 0.2) is 30.3 Å². The number of nitrogens with one attached hydrogen (secondary N) is 1. The minimum absolute atomic E-state index is 0.00756. The van der Waals surface area contributed by atoms with Crippen molar-refractivity contribution < 1.29 is 4.92 Å². The van der Waals surface area contributed by atoms with Crippen molar-refractivity contribution >= 4 is 17.2 Å². The van der Waals surface area contributed by atoms with Crippen molar-refractivity contribution in [2.45, 2.75) is 32.2 Å². The van der Waals surface area contributed by atoms with Gasteiger partial charge in [-0.1, -0.05) is 6.07 Å². The summed E-state index contributed by atoms with van der Waals surface area (Å²) in [7, 11) is 0. The molecule has 0 aliphatic heterocycles. The van der Waals surface area contributed by atoms with E-state index >= 15 is 0 Å². The fourth-order valence-corrected chi connectivity index (χ4v) is 2.95. The predicted octanol–water partition coefficient (Wildman–Crippen LogP) is 3.37. The molecule has 2 aromatic rings. The van der Waals surface area contributed by atoms with E-state index in [1.807, 2.05) is 25.1 Å². The highest BCUT2D eigenvalue weighted by Gasteiger charge is 2.24. The maximum absolute atomic E-state index is 11.2. The van der Waals surface area contributed by atoms with Gasteiger partial charge in [-0.05, 0) is 55.5 Å². The van der Waals surface area contributed by atoms with E-state index in [9.17, 15) is 10.1 Å². The van der Waals surface area contributed by atoms with E-state index in [0.29, 0.717) is 5.82 Å².